The highest BCUT2D eigenvalue weighted by molar-refractivity contribution is 6.05. The second-order valence-corrected chi connectivity index (χ2v) is 7.25. The first kappa shape index (κ1) is 19.9. The Morgan fingerprint density at radius 1 is 1.43 bits per heavy atom. The van der Waals surface area contributed by atoms with Crippen molar-refractivity contribution < 1.29 is 18.7 Å². The summed E-state index contributed by atoms with van der Waals surface area (Å²) in [4.78, 5) is 27.6. The van der Waals surface area contributed by atoms with Gasteiger partial charge in [-0.2, -0.15) is 0 Å². The van der Waals surface area contributed by atoms with Crippen molar-refractivity contribution in [2.45, 2.75) is 32.5 Å². The van der Waals surface area contributed by atoms with E-state index in [9.17, 15) is 14.0 Å². The molecule has 2 heterocycles. The van der Waals surface area contributed by atoms with Gasteiger partial charge in [-0.15, -0.1) is 0 Å². The summed E-state index contributed by atoms with van der Waals surface area (Å²) in [5.41, 5.74) is 12.5. The van der Waals surface area contributed by atoms with Gasteiger partial charge in [0.05, 0.1) is 17.7 Å². The van der Waals surface area contributed by atoms with E-state index in [1.54, 1.807) is 19.1 Å². The highest BCUT2D eigenvalue weighted by Gasteiger charge is 2.42. The minimum atomic E-state index is -1.51. The molecule has 3 rings (SSSR count). The Balaban J connectivity index is 1.81. The Morgan fingerprint density at radius 2 is 2.18 bits per heavy atom. The summed E-state index contributed by atoms with van der Waals surface area (Å²) in [7, 11) is 0. The third-order valence-electron chi connectivity index (χ3n) is 5.20. The summed E-state index contributed by atoms with van der Waals surface area (Å²) in [6.07, 6.45) is 7.98. The third kappa shape index (κ3) is 3.85. The number of carbonyl (C=O) groups is 2. The number of fused-ring (bicyclic) bond motifs is 1. The van der Waals surface area contributed by atoms with Crippen LogP contribution in [-0.2, 0) is 14.3 Å². The van der Waals surface area contributed by atoms with E-state index in [0.717, 1.165) is 0 Å². The molecule has 28 heavy (non-hydrogen) atoms. The van der Waals surface area contributed by atoms with Crippen LogP contribution in [0.3, 0.4) is 0 Å². The molecule has 8 heteroatoms. The molecule has 5 atom stereocenters. The average Bonchev–Trinajstić information content (AvgIpc) is 2.92. The lowest BCUT2D eigenvalue weighted by molar-refractivity contribution is -0.124. The number of halogens is 1. The Hall–Kier alpha value is -2.90. The van der Waals surface area contributed by atoms with Crippen LogP contribution in [0.15, 0.2) is 52.5 Å². The zero-order chi connectivity index (χ0) is 20.4. The first-order valence-corrected chi connectivity index (χ1v) is 9.31. The molecule has 0 saturated carbocycles. The molecule has 1 fully saturated rings. The molecular weight excluding hydrogens is 363 g/mol. The van der Waals surface area contributed by atoms with Gasteiger partial charge in [-0.05, 0) is 31.6 Å². The normalized spacial score (nSPS) is 32.1. The van der Waals surface area contributed by atoms with Gasteiger partial charge in [-0.1, -0.05) is 19.1 Å². The Labute approximate surface area is 163 Å². The lowest BCUT2D eigenvalue weighted by atomic mass is 9.80. The van der Waals surface area contributed by atoms with Gasteiger partial charge in [0.1, 0.15) is 18.1 Å². The van der Waals surface area contributed by atoms with Gasteiger partial charge in [0.15, 0.2) is 6.17 Å². The maximum atomic E-state index is 14.0. The molecule has 0 aromatic carbocycles. The fourth-order valence-corrected chi connectivity index (χ4v) is 3.85. The predicted molar refractivity (Wildman–Crippen MR) is 103 cm³/mol. The van der Waals surface area contributed by atoms with Gasteiger partial charge in [-0.25, -0.2) is 9.38 Å². The molecule has 7 nitrogen and oxygen atoms in total. The third-order valence-corrected chi connectivity index (χ3v) is 5.20. The summed E-state index contributed by atoms with van der Waals surface area (Å²) >= 11 is 0. The number of nitrogens with two attached hydrogens (primary N) is 2. The summed E-state index contributed by atoms with van der Waals surface area (Å²) in [6, 6.07) is -0.398. The van der Waals surface area contributed by atoms with E-state index >= 15 is 0 Å². The highest BCUT2D eigenvalue weighted by atomic mass is 19.1. The summed E-state index contributed by atoms with van der Waals surface area (Å²) < 4.78 is 20.0. The van der Waals surface area contributed by atoms with E-state index in [-0.39, 0.29) is 24.1 Å². The van der Waals surface area contributed by atoms with Crippen molar-refractivity contribution in [2.75, 3.05) is 6.61 Å². The Kier molecular flexibility index (Phi) is 5.67. The number of amides is 2. The van der Waals surface area contributed by atoms with Crippen molar-refractivity contribution in [2.24, 2.45) is 34.2 Å². The van der Waals surface area contributed by atoms with Gasteiger partial charge in [-0.3, -0.25) is 9.59 Å². The Morgan fingerprint density at radius 3 is 2.82 bits per heavy atom. The number of hydrogen-bond donors (Lipinski definition) is 3. The molecule has 0 spiro atoms. The number of nitrogens with zero attached hydrogens (tertiary/aromatic N) is 1. The minimum Gasteiger partial charge on any atom is -0.495 e. The number of ether oxygens (including phenoxy) is 1. The van der Waals surface area contributed by atoms with Gasteiger partial charge in [0, 0.05) is 17.5 Å². The van der Waals surface area contributed by atoms with Crippen LogP contribution in [0.4, 0.5) is 4.39 Å². The van der Waals surface area contributed by atoms with Crippen LogP contribution in [0.5, 0.6) is 0 Å². The molecule has 0 aromatic heterocycles. The summed E-state index contributed by atoms with van der Waals surface area (Å²) in [6.45, 7) is 3.72. The number of carbonyl (C=O) groups excluding carboxylic acids is 2. The maximum Gasteiger partial charge on any atom is 0.266 e. The molecule has 150 valence electrons. The fraction of sp³-hybridized carbons (Fsp3) is 0.450. The topological polar surface area (TPSA) is 120 Å². The first-order chi connectivity index (χ1) is 13.3. The van der Waals surface area contributed by atoms with E-state index in [1.165, 1.54) is 0 Å². The second-order valence-electron chi connectivity index (χ2n) is 7.25. The molecule has 1 saturated heterocycles. The first-order valence-electron chi connectivity index (χ1n) is 9.31. The number of nitrogens with one attached hydrogen (secondary N) is 1. The van der Waals surface area contributed by atoms with Crippen LogP contribution in [0, 0.1) is 17.8 Å². The largest absolute Gasteiger partial charge is 0.495 e. The standard InChI is InChI=1S/C20H25FN4O3/c1-3-12-15(25-20(27)18(12)21)9-28-16-6-4-5-11-8-14(19(23)26)24-13(17(11)16)7-10(2)22/h4-8,11-12,15,17-18H,3,9,22H2,1-2H3,(H2,23,26)(H,25,27). The number of aliphatic imine (C=N–C) groups is 1. The summed E-state index contributed by atoms with van der Waals surface area (Å²) in [5.74, 6) is -1.45. The van der Waals surface area contributed by atoms with Crippen molar-refractivity contribution >= 4 is 17.5 Å². The smallest absolute Gasteiger partial charge is 0.266 e. The van der Waals surface area contributed by atoms with Crippen LogP contribution in [0.2, 0.25) is 0 Å². The van der Waals surface area contributed by atoms with Crippen molar-refractivity contribution in [3.8, 4) is 0 Å². The molecule has 0 bridgehead atoms. The molecular formula is C20H25FN4O3. The number of hydrogen-bond acceptors (Lipinski definition) is 5. The number of allylic oxidation sites excluding steroid dienone is 7. The van der Waals surface area contributed by atoms with Gasteiger partial charge in [0.25, 0.3) is 11.8 Å². The van der Waals surface area contributed by atoms with E-state index in [4.69, 9.17) is 16.2 Å². The molecule has 3 aliphatic rings. The zero-order valence-corrected chi connectivity index (χ0v) is 15.9. The molecule has 1 aliphatic carbocycles. The molecule has 2 amide bonds. The quantitative estimate of drug-likeness (QED) is 0.634. The molecule has 2 aliphatic heterocycles. The molecule has 0 radical (unpaired) electrons. The lowest BCUT2D eigenvalue weighted by Crippen LogP contribution is -2.36. The van der Waals surface area contributed by atoms with Crippen LogP contribution >= 0.6 is 0 Å². The van der Waals surface area contributed by atoms with Crippen molar-refractivity contribution in [3.05, 3.63) is 47.5 Å². The maximum absolute atomic E-state index is 14.0. The van der Waals surface area contributed by atoms with Crippen LogP contribution in [-0.4, -0.2) is 36.3 Å². The highest BCUT2D eigenvalue weighted by Crippen LogP contribution is 2.35. The number of primary amides is 1. The number of alkyl halides is 1. The predicted octanol–water partition coefficient (Wildman–Crippen LogP) is 1.24. The average molecular weight is 388 g/mol. The monoisotopic (exact) mass is 388 g/mol. The Bertz CT molecular complexity index is 823. The minimum absolute atomic E-state index is 0.151. The molecule has 5 N–H and O–H groups in total. The van der Waals surface area contributed by atoms with E-state index in [1.807, 2.05) is 25.2 Å². The van der Waals surface area contributed by atoms with E-state index in [2.05, 4.69) is 10.3 Å². The SMILES string of the molecule is CCC1C(COC2=CC=CC3C=C(C(N)=O)N=C(C=C(C)N)C23)NC(=O)C1F. The lowest BCUT2D eigenvalue weighted by Gasteiger charge is -2.32. The van der Waals surface area contributed by atoms with Crippen molar-refractivity contribution in [1.29, 1.82) is 0 Å². The van der Waals surface area contributed by atoms with Crippen LogP contribution < -0.4 is 16.8 Å². The van der Waals surface area contributed by atoms with Crippen LogP contribution in [0.1, 0.15) is 20.3 Å². The van der Waals surface area contributed by atoms with Crippen molar-refractivity contribution in [1.82, 2.24) is 5.32 Å². The summed E-state index contributed by atoms with van der Waals surface area (Å²) in [5, 5.41) is 2.66. The van der Waals surface area contributed by atoms with Crippen molar-refractivity contribution in [3.63, 3.8) is 0 Å². The van der Waals surface area contributed by atoms with Gasteiger partial charge in [0.2, 0.25) is 0 Å². The van der Waals surface area contributed by atoms with E-state index in [0.29, 0.717) is 23.6 Å². The molecule has 5 unspecified atom stereocenters. The fourth-order valence-electron chi connectivity index (χ4n) is 3.85. The van der Waals surface area contributed by atoms with E-state index < -0.39 is 29.9 Å². The second kappa shape index (κ2) is 8.00. The van der Waals surface area contributed by atoms with Crippen LogP contribution in [0.25, 0.3) is 0 Å². The molecule has 0 aromatic rings. The van der Waals surface area contributed by atoms with Gasteiger partial charge >= 0.3 is 0 Å². The zero-order valence-electron chi connectivity index (χ0n) is 15.9. The number of rotatable bonds is 6. The van der Waals surface area contributed by atoms with Gasteiger partial charge < -0.3 is 21.5 Å².